The lowest BCUT2D eigenvalue weighted by Gasteiger charge is -2.25. The average molecular weight is 381 g/mol. The first-order valence-corrected chi connectivity index (χ1v) is 9.94. The minimum atomic E-state index is -0.433. The molecular weight excluding hydrogens is 354 g/mol. The molecule has 26 heavy (non-hydrogen) atoms. The van der Waals surface area contributed by atoms with E-state index in [4.69, 9.17) is 4.74 Å². The Labute approximate surface area is 157 Å². The fourth-order valence-electron chi connectivity index (χ4n) is 3.13. The van der Waals surface area contributed by atoms with Crippen LogP contribution in [0.2, 0.25) is 0 Å². The van der Waals surface area contributed by atoms with Gasteiger partial charge in [-0.05, 0) is 32.6 Å². The number of carbonyl (C=O) groups excluding carboxylic acids is 3. The summed E-state index contributed by atoms with van der Waals surface area (Å²) in [6.45, 7) is 6.19. The van der Waals surface area contributed by atoms with Gasteiger partial charge in [-0.25, -0.2) is 9.78 Å². The molecule has 2 rings (SSSR count). The van der Waals surface area contributed by atoms with Crippen LogP contribution in [-0.4, -0.2) is 35.9 Å². The lowest BCUT2D eigenvalue weighted by molar-refractivity contribution is -0.126. The van der Waals surface area contributed by atoms with E-state index in [1.54, 1.807) is 13.8 Å². The smallest absolute Gasteiger partial charge is 0.350 e. The van der Waals surface area contributed by atoms with Crippen molar-refractivity contribution in [2.45, 2.75) is 52.9 Å². The highest BCUT2D eigenvalue weighted by molar-refractivity contribution is 7.17. The standard InChI is InChI=1S/C18H27N3O4S/c1-4-25-17(24)15-12(3)20-18(26-15)21-14(22)8-9-19-16(23)13-7-5-6-11(2)10-13/h11,13H,4-10H2,1-3H3,(H,19,23)(H,20,21,22). The van der Waals surface area contributed by atoms with E-state index in [9.17, 15) is 14.4 Å². The Bertz CT molecular complexity index is 659. The Balaban J connectivity index is 1.76. The van der Waals surface area contributed by atoms with Gasteiger partial charge in [0.1, 0.15) is 4.88 Å². The van der Waals surface area contributed by atoms with Crippen molar-refractivity contribution >= 4 is 34.3 Å². The molecule has 0 aliphatic heterocycles. The third kappa shape index (κ3) is 5.79. The van der Waals surface area contributed by atoms with Gasteiger partial charge in [0.15, 0.2) is 5.13 Å². The Morgan fingerprint density at radius 1 is 1.31 bits per heavy atom. The molecule has 2 N–H and O–H groups in total. The normalized spacial score (nSPS) is 19.7. The predicted octanol–water partition coefficient (Wildman–Crippen LogP) is 2.90. The molecule has 1 aromatic heterocycles. The second kappa shape index (κ2) is 9.66. The summed E-state index contributed by atoms with van der Waals surface area (Å²) in [6, 6.07) is 0. The number of esters is 1. The van der Waals surface area contributed by atoms with Gasteiger partial charge in [0.2, 0.25) is 11.8 Å². The molecular formula is C18H27N3O4S. The number of hydrogen-bond donors (Lipinski definition) is 2. The van der Waals surface area contributed by atoms with E-state index in [-0.39, 0.29) is 30.8 Å². The minimum absolute atomic E-state index is 0.0408. The summed E-state index contributed by atoms with van der Waals surface area (Å²) in [4.78, 5) is 40.5. The van der Waals surface area contributed by atoms with Crippen LogP contribution in [0.5, 0.6) is 0 Å². The van der Waals surface area contributed by atoms with Gasteiger partial charge in [-0.2, -0.15) is 0 Å². The third-order valence-electron chi connectivity index (χ3n) is 4.46. The van der Waals surface area contributed by atoms with Crippen LogP contribution in [0.3, 0.4) is 0 Å². The Hall–Kier alpha value is -1.96. The molecule has 8 heteroatoms. The maximum absolute atomic E-state index is 12.2. The van der Waals surface area contributed by atoms with Gasteiger partial charge >= 0.3 is 5.97 Å². The highest BCUT2D eigenvalue weighted by atomic mass is 32.1. The summed E-state index contributed by atoms with van der Waals surface area (Å²) in [7, 11) is 0. The van der Waals surface area contributed by atoms with E-state index < -0.39 is 5.97 Å². The molecule has 2 amide bonds. The Kier molecular flexibility index (Phi) is 7.56. The molecule has 0 spiro atoms. The lowest BCUT2D eigenvalue weighted by atomic mass is 9.82. The lowest BCUT2D eigenvalue weighted by Crippen LogP contribution is -2.35. The first-order chi connectivity index (χ1) is 12.4. The van der Waals surface area contributed by atoms with Crippen LogP contribution in [-0.2, 0) is 14.3 Å². The zero-order valence-electron chi connectivity index (χ0n) is 15.6. The molecule has 1 fully saturated rings. The topological polar surface area (TPSA) is 97.4 Å². The maximum atomic E-state index is 12.2. The third-order valence-corrected chi connectivity index (χ3v) is 5.52. The Morgan fingerprint density at radius 2 is 2.08 bits per heavy atom. The molecule has 0 radical (unpaired) electrons. The number of hydrogen-bond acceptors (Lipinski definition) is 6. The maximum Gasteiger partial charge on any atom is 0.350 e. The van der Waals surface area contributed by atoms with Gasteiger partial charge in [-0.3, -0.25) is 9.59 Å². The summed E-state index contributed by atoms with van der Waals surface area (Å²) >= 11 is 1.09. The molecule has 0 aromatic carbocycles. The minimum Gasteiger partial charge on any atom is -0.462 e. The van der Waals surface area contributed by atoms with E-state index in [2.05, 4.69) is 22.5 Å². The molecule has 1 aliphatic carbocycles. The van der Waals surface area contributed by atoms with Crippen molar-refractivity contribution in [1.29, 1.82) is 0 Å². The highest BCUT2D eigenvalue weighted by Gasteiger charge is 2.24. The second-order valence-corrected chi connectivity index (χ2v) is 7.71. The van der Waals surface area contributed by atoms with Crippen molar-refractivity contribution in [3.63, 3.8) is 0 Å². The van der Waals surface area contributed by atoms with Crippen LogP contribution in [0.1, 0.15) is 61.3 Å². The van der Waals surface area contributed by atoms with E-state index in [1.807, 2.05) is 0 Å². The number of carbonyl (C=O) groups is 3. The van der Waals surface area contributed by atoms with Crippen LogP contribution >= 0.6 is 11.3 Å². The molecule has 1 saturated carbocycles. The van der Waals surface area contributed by atoms with Crippen LogP contribution in [0, 0.1) is 18.8 Å². The molecule has 144 valence electrons. The molecule has 1 aliphatic rings. The summed E-state index contributed by atoms with van der Waals surface area (Å²) < 4.78 is 4.95. The molecule has 1 heterocycles. The number of rotatable bonds is 7. The molecule has 2 unspecified atom stereocenters. The highest BCUT2D eigenvalue weighted by Crippen LogP contribution is 2.28. The van der Waals surface area contributed by atoms with E-state index in [0.717, 1.165) is 30.6 Å². The van der Waals surface area contributed by atoms with Gasteiger partial charge in [-0.1, -0.05) is 31.1 Å². The van der Waals surface area contributed by atoms with Gasteiger partial charge in [-0.15, -0.1) is 0 Å². The van der Waals surface area contributed by atoms with Gasteiger partial charge in [0, 0.05) is 18.9 Å². The number of thiazole rings is 1. The first kappa shape index (κ1) is 20.4. The number of aryl methyl sites for hydroxylation is 1. The summed E-state index contributed by atoms with van der Waals surface area (Å²) in [5.74, 6) is 0.0163. The zero-order chi connectivity index (χ0) is 19.1. The van der Waals surface area contributed by atoms with Crippen molar-refractivity contribution in [2.75, 3.05) is 18.5 Å². The van der Waals surface area contributed by atoms with Crippen molar-refractivity contribution in [1.82, 2.24) is 10.3 Å². The SMILES string of the molecule is CCOC(=O)c1sc(NC(=O)CCNC(=O)C2CCCC(C)C2)nc1C. The van der Waals surface area contributed by atoms with Gasteiger partial charge in [0.05, 0.1) is 12.3 Å². The van der Waals surface area contributed by atoms with Crippen molar-refractivity contribution in [3.8, 4) is 0 Å². The summed E-state index contributed by atoms with van der Waals surface area (Å²) in [5.41, 5.74) is 0.531. The summed E-state index contributed by atoms with van der Waals surface area (Å²) in [6.07, 6.45) is 4.30. The number of amides is 2. The van der Waals surface area contributed by atoms with Crippen LogP contribution < -0.4 is 10.6 Å². The monoisotopic (exact) mass is 381 g/mol. The van der Waals surface area contributed by atoms with E-state index >= 15 is 0 Å². The van der Waals surface area contributed by atoms with Crippen molar-refractivity contribution < 1.29 is 19.1 Å². The molecule has 2 atom stereocenters. The molecule has 7 nitrogen and oxygen atoms in total. The fourth-order valence-corrected chi connectivity index (χ4v) is 4.01. The number of aromatic nitrogens is 1. The zero-order valence-corrected chi connectivity index (χ0v) is 16.4. The second-order valence-electron chi connectivity index (χ2n) is 6.71. The predicted molar refractivity (Wildman–Crippen MR) is 100 cm³/mol. The first-order valence-electron chi connectivity index (χ1n) is 9.12. The number of ether oxygens (including phenoxy) is 1. The molecule has 0 saturated heterocycles. The quantitative estimate of drug-likeness (QED) is 0.708. The van der Waals surface area contributed by atoms with Crippen LogP contribution in [0.4, 0.5) is 5.13 Å². The van der Waals surface area contributed by atoms with Crippen molar-refractivity contribution in [3.05, 3.63) is 10.6 Å². The van der Waals surface area contributed by atoms with Gasteiger partial charge < -0.3 is 15.4 Å². The number of nitrogens with zero attached hydrogens (tertiary/aromatic N) is 1. The van der Waals surface area contributed by atoms with E-state index in [0.29, 0.717) is 28.2 Å². The average Bonchev–Trinajstić information content (AvgIpc) is 2.95. The van der Waals surface area contributed by atoms with Crippen molar-refractivity contribution in [2.24, 2.45) is 11.8 Å². The van der Waals surface area contributed by atoms with Crippen LogP contribution in [0.15, 0.2) is 0 Å². The molecule has 0 bridgehead atoms. The van der Waals surface area contributed by atoms with Crippen LogP contribution in [0.25, 0.3) is 0 Å². The largest absolute Gasteiger partial charge is 0.462 e. The van der Waals surface area contributed by atoms with E-state index in [1.165, 1.54) is 6.42 Å². The summed E-state index contributed by atoms with van der Waals surface area (Å²) in [5, 5.41) is 5.88. The Morgan fingerprint density at radius 3 is 2.77 bits per heavy atom. The molecule has 1 aromatic rings. The number of nitrogens with one attached hydrogen (secondary N) is 2. The fraction of sp³-hybridized carbons (Fsp3) is 0.667. The number of anilines is 1. The van der Waals surface area contributed by atoms with Gasteiger partial charge in [0.25, 0.3) is 0 Å².